The molecule has 0 spiro atoms. The van der Waals surface area contributed by atoms with Gasteiger partial charge in [-0.25, -0.2) is 0 Å². The summed E-state index contributed by atoms with van der Waals surface area (Å²) in [7, 11) is 0. The summed E-state index contributed by atoms with van der Waals surface area (Å²) in [6.45, 7) is 9.84. The number of likely N-dealkylation sites (N-methyl/N-ethyl adjacent to an activating group) is 1. The van der Waals surface area contributed by atoms with Crippen LogP contribution in [0.4, 0.5) is 0 Å². The van der Waals surface area contributed by atoms with Gasteiger partial charge in [-0.05, 0) is 19.4 Å². The van der Waals surface area contributed by atoms with Gasteiger partial charge < -0.3 is 15.8 Å². The SMILES string of the molecule is CCN1CCOC(C(=O)NC(CC)(CC)CN)C1.Cl.Cl. The molecule has 5 nitrogen and oxygen atoms in total. The molecule has 0 radical (unpaired) electrons. The number of amides is 1. The molecule has 0 aromatic rings. The quantitative estimate of drug-likeness (QED) is 0.768. The average Bonchev–Trinajstić information content (AvgIpc) is 2.44. The first-order valence-corrected chi connectivity index (χ1v) is 6.96. The molecule has 1 rings (SSSR count). The number of nitrogens with two attached hydrogens (primary N) is 1. The van der Waals surface area contributed by atoms with Crippen LogP contribution in [0.2, 0.25) is 0 Å². The van der Waals surface area contributed by atoms with E-state index in [9.17, 15) is 4.79 Å². The fraction of sp³-hybridized carbons (Fsp3) is 0.923. The molecule has 0 aromatic heterocycles. The summed E-state index contributed by atoms with van der Waals surface area (Å²) in [6, 6.07) is 0. The van der Waals surface area contributed by atoms with Crippen LogP contribution in [-0.2, 0) is 9.53 Å². The lowest BCUT2D eigenvalue weighted by Crippen LogP contribution is -2.58. The smallest absolute Gasteiger partial charge is 0.250 e. The topological polar surface area (TPSA) is 67.6 Å². The summed E-state index contributed by atoms with van der Waals surface area (Å²) in [6.07, 6.45) is 1.33. The normalized spacial score (nSPS) is 19.7. The number of ether oxygens (including phenoxy) is 1. The van der Waals surface area contributed by atoms with Crippen LogP contribution in [0.3, 0.4) is 0 Å². The Bertz CT molecular complexity index is 268. The molecular formula is C13H29Cl2N3O2. The van der Waals surface area contributed by atoms with Gasteiger partial charge in [0, 0.05) is 19.6 Å². The fourth-order valence-corrected chi connectivity index (χ4v) is 2.26. The zero-order chi connectivity index (χ0) is 13.6. The number of carbonyl (C=O) groups excluding carboxylic acids is 1. The van der Waals surface area contributed by atoms with Crippen LogP contribution in [0, 0.1) is 0 Å². The van der Waals surface area contributed by atoms with Gasteiger partial charge >= 0.3 is 0 Å². The van der Waals surface area contributed by atoms with E-state index in [1.165, 1.54) is 0 Å². The fourth-order valence-electron chi connectivity index (χ4n) is 2.26. The van der Waals surface area contributed by atoms with Crippen molar-refractivity contribution in [3.63, 3.8) is 0 Å². The Morgan fingerprint density at radius 3 is 2.40 bits per heavy atom. The molecule has 1 atom stereocenters. The number of nitrogens with one attached hydrogen (secondary N) is 1. The summed E-state index contributed by atoms with van der Waals surface area (Å²) in [5.41, 5.74) is 5.51. The second-order valence-corrected chi connectivity index (χ2v) is 4.93. The molecule has 1 amide bonds. The van der Waals surface area contributed by atoms with Crippen molar-refractivity contribution in [3.05, 3.63) is 0 Å². The Kier molecular flexibility index (Phi) is 11.8. The highest BCUT2D eigenvalue weighted by Gasteiger charge is 2.32. The third-order valence-corrected chi connectivity index (χ3v) is 4.02. The van der Waals surface area contributed by atoms with E-state index in [0.717, 1.165) is 25.9 Å². The van der Waals surface area contributed by atoms with Gasteiger partial charge in [0.1, 0.15) is 6.10 Å². The van der Waals surface area contributed by atoms with E-state index in [1.54, 1.807) is 0 Å². The Hall–Kier alpha value is -0.0700. The number of morpholine rings is 1. The lowest BCUT2D eigenvalue weighted by Gasteiger charge is -2.36. The zero-order valence-corrected chi connectivity index (χ0v) is 14.3. The van der Waals surface area contributed by atoms with E-state index in [0.29, 0.717) is 19.7 Å². The number of hydrogen-bond acceptors (Lipinski definition) is 4. The van der Waals surface area contributed by atoms with E-state index in [-0.39, 0.29) is 42.4 Å². The highest BCUT2D eigenvalue weighted by Crippen LogP contribution is 2.15. The minimum absolute atomic E-state index is 0. The molecule has 7 heteroatoms. The molecular weight excluding hydrogens is 301 g/mol. The van der Waals surface area contributed by atoms with Crippen molar-refractivity contribution in [1.82, 2.24) is 10.2 Å². The van der Waals surface area contributed by atoms with Crippen molar-refractivity contribution >= 4 is 30.7 Å². The van der Waals surface area contributed by atoms with Crippen molar-refractivity contribution in [2.45, 2.75) is 45.3 Å². The number of nitrogens with zero attached hydrogens (tertiary/aromatic N) is 1. The number of rotatable bonds is 6. The Balaban J connectivity index is 0. The van der Waals surface area contributed by atoms with Crippen LogP contribution in [0.1, 0.15) is 33.6 Å². The molecule has 0 aromatic carbocycles. The van der Waals surface area contributed by atoms with E-state index >= 15 is 0 Å². The second kappa shape index (κ2) is 10.6. The molecule has 0 aliphatic carbocycles. The van der Waals surface area contributed by atoms with E-state index in [4.69, 9.17) is 10.5 Å². The minimum atomic E-state index is -0.359. The van der Waals surface area contributed by atoms with Gasteiger partial charge in [0.15, 0.2) is 0 Å². The van der Waals surface area contributed by atoms with Crippen molar-refractivity contribution < 1.29 is 9.53 Å². The first kappa shape index (κ1) is 22.2. The van der Waals surface area contributed by atoms with Crippen molar-refractivity contribution in [2.24, 2.45) is 5.73 Å². The summed E-state index contributed by atoms with van der Waals surface area (Å²) in [5, 5.41) is 3.08. The molecule has 1 saturated heterocycles. The molecule has 0 bridgehead atoms. The largest absolute Gasteiger partial charge is 0.366 e. The Morgan fingerprint density at radius 1 is 1.35 bits per heavy atom. The lowest BCUT2D eigenvalue weighted by molar-refractivity contribution is -0.140. The lowest BCUT2D eigenvalue weighted by atomic mass is 9.92. The number of carbonyl (C=O) groups is 1. The molecule has 1 heterocycles. The molecule has 122 valence electrons. The minimum Gasteiger partial charge on any atom is -0.366 e. The van der Waals surface area contributed by atoms with Crippen molar-refractivity contribution in [1.29, 1.82) is 0 Å². The average molecular weight is 330 g/mol. The third-order valence-electron chi connectivity index (χ3n) is 4.02. The summed E-state index contributed by atoms with van der Waals surface area (Å²) >= 11 is 0. The summed E-state index contributed by atoms with van der Waals surface area (Å²) in [4.78, 5) is 14.5. The first-order chi connectivity index (χ1) is 8.60. The van der Waals surface area contributed by atoms with Crippen molar-refractivity contribution in [3.8, 4) is 0 Å². The van der Waals surface area contributed by atoms with Crippen LogP contribution in [0.5, 0.6) is 0 Å². The maximum Gasteiger partial charge on any atom is 0.250 e. The van der Waals surface area contributed by atoms with E-state index in [2.05, 4.69) is 31.0 Å². The zero-order valence-electron chi connectivity index (χ0n) is 12.7. The van der Waals surface area contributed by atoms with Gasteiger partial charge in [0.05, 0.1) is 12.1 Å². The monoisotopic (exact) mass is 329 g/mol. The van der Waals surface area contributed by atoms with Gasteiger partial charge in [-0.3, -0.25) is 9.69 Å². The van der Waals surface area contributed by atoms with Gasteiger partial charge in [0.2, 0.25) is 0 Å². The van der Waals surface area contributed by atoms with Gasteiger partial charge in [-0.15, -0.1) is 24.8 Å². The van der Waals surface area contributed by atoms with Crippen molar-refractivity contribution in [2.75, 3.05) is 32.8 Å². The highest BCUT2D eigenvalue weighted by atomic mass is 35.5. The van der Waals surface area contributed by atoms with Crippen LogP contribution in [0.25, 0.3) is 0 Å². The molecule has 0 saturated carbocycles. The summed E-state index contributed by atoms with van der Waals surface area (Å²) < 4.78 is 5.56. The number of hydrogen-bond donors (Lipinski definition) is 2. The second-order valence-electron chi connectivity index (χ2n) is 4.93. The predicted molar refractivity (Wildman–Crippen MR) is 86.9 cm³/mol. The third kappa shape index (κ3) is 5.74. The highest BCUT2D eigenvalue weighted by molar-refractivity contribution is 5.85. The predicted octanol–water partition coefficient (Wildman–Crippen LogP) is 1.18. The molecule has 1 aliphatic rings. The molecule has 1 unspecified atom stereocenters. The van der Waals surface area contributed by atoms with E-state index in [1.807, 2.05) is 0 Å². The molecule has 1 aliphatic heterocycles. The maximum atomic E-state index is 12.2. The standard InChI is InChI=1S/C13H27N3O2.2ClH/c1-4-13(5-2,10-14)15-12(17)11-9-16(6-3)7-8-18-11;;/h11H,4-10,14H2,1-3H3,(H,15,17);2*1H. The summed E-state index contributed by atoms with van der Waals surface area (Å²) in [5.74, 6) is -0.0256. The van der Waals surface area contributed by atoms with Crippen LogP contribution < -0.4 is 11.1 Å². The molecule has 3 N–H and O–H groups in total. The molecule has 20 heavy (non-hydrogen) atoms. The van der Waals surface area contributed by atoms with Gasteiger partial charge in [-0.1, -0.05) is 20.8 Å². The van der Waals surface area contributed by atoms with Gasteiger partial charge in [-0.2, -0.15) is 0 Å². The Morgan fingerprint density at radius 2 is 1.95 bits per heavy atom. The van der Waals surface area contributed by atoms with Crippen LogP contribution >= 0.6 is 24.8 Å². The van der Waals surface area contributed by atoms with E-state index < -0.39 is 0 Å². The molecule has 1 fully saturated rings. The number of halogens is 2. The van der Waals surface area contributed by atoms with Crippen LogP contribution in [0.15, 0.2) is 0 Å². The first-order valence-electron chi connectivity index (χ1n) is 6.96. The van der Waals surface area contributed by atoms with Crippen LogP contribution in [-0.4, -0.2) is 55.2 Å². The Labute approximate surface area is 134 Å². The maximum absolute atomic E-state index is 12.2. The van der Waals surface area contributed by atoms with Gasteiger partial charge in [0.25, 0.3) is 5.91 Å².